The molecular formula is C10H11ClO3. The molecule has 76 valence electrons. The minimum Gasteiger partial charge on any atom is -0.454 e. The average Bonchev–Trinajstić information content (AvgIpc) is 2.64. The highest BCUT2D eigenvalue weighted by Gasteiger charge is 2.23. The number of hydrogen-bond donors (Lipinski definition) is 1. The third-order valence-electron chi connectivity index (χ3n) is 2.29. The summed E-state index contributed by atoms with van der Waals surface area (Å²) < 4.78 is 10.5. The quantitative estimate of drug-likeness (QED) is 0.820. The maximum Gasteiger partial charge on any atom is 0.231 e. The van der Waals surface area contributed by atoms with Crippen molar-refractivity contribution in [2.24, 2.45) is 0 Å². The summed E-state index contributed by atoms with van der Waals surface area (Å²) in [6.45, 7) is 2.16. The normalized spacial score (nSPS) is 15.6. The second-order valence-corrected chi connectivity index (χ2v) is 3.69. The summed E-state index contributed by atoms with van der Waals surface area (Å²) in [4.78, 5) is 0. The fourth-order valence-corrected chi connectivity index (χ4v) is 1.86. The molecule has 1 atom stereocenters. The molecular weight excluding hydrogens is 204 g/mol. The van der Waals surface area contributed by atoms with Crippen LogP contribution in [0.25, 0.3) is 0 Å². The molecule has 1 aromatic carbocycles. The minimum atomic E-state index is -0.0425. The van der Waals surface area contributed by atoms with Crippen LogP contribution in [0.2, 0.25) is 5.02 Å². The number of benzene rings is 1. The van der Waals surface area contributed by atoms with E-state index >= 15 is 0 Å². The Bertz CT molecular complexity index is 351. The van der Waals surface area contributed by atoms with Gasteiger partial charge in [-0.2, -0.15) is 0 Å². The molecule has 1 N–H and O–H groups in total. The first-order valence-electron chi connectivity index (χ1n) is 4.43. The number of hydrogen-bond acceptors (Lipinski definition) is 3. The van der Waals surface area contributed by atoms with Gasteiger partial charge in [-0.25, -0.2) is 0 Å². The van der Waals surface area contributed by atoms with E-state index in [2.05, 4.69) is 0 Å². The standard InChI is InChI=1S/C10H11ClO3/c1-6(4-12)9-7(11)2-3-8-10(9)14-5-13-8/h2-3,6,12H,4-5H2,1H3. The first-order valence-corrected chi connectivity index (χ1v) is 4.80. The molecule has 0 saturated carbocycles. The molecule has 2 rings (SSSR count). The Kier molecular flexibility index (Phi) is 2.52. The maximum absolute atomic E-state index is 9.09. The molecule has 4 heteroatoms. The van der Waals surface area contributed by atoms with Crippen LogP contribution in [-0.2, 0) is 0 Å². The zero-order valence-corrected chi connectivity index (χ0v) is 8.54. The summed E-state index contributed by atoms with van der Waals surface area (Å²) in [5.74, 6) is 1.32. The molecule has 1 heterocycles. The monoisotopic (exact) mass is 214 g/mol. The van der Waals surface area contributed by atoms with E-state index in [-0.39, 0.29) is 19.3 Å². The van der Waals surface area contributed by atoms with Gasteiger partial charge in [-0.3, -0.25) is 0 Å². The van der Waals surface area contributed by atoms with E-state index < -0.39 is 0 Å². The van der Waals surface area contributed by atoms with Crippen LogP contribution >= 0.6 is 11.6 Å². The summed E-state index contributed by atoms with van der Waals surface area (Å²) in [5, 5.41) is 9.70. The van der Waals surface area contributed by atoms with Crippen LogP contribution in [0.4, 0.5) is 0 Å². The molecule has 0 radical (unpaired) electrons. The number of halogens is 1. The first-order chi connectivity index (χ1) is 6.74. The lowest BCUT2D eigenvalue weighted by atomic mass is 10.0. The zero-order chi connectivity index (χ0) is 10.1. The molecule has 0 spiro atoms. The van der Waals surface area contributed by atoms with Crippen molar-refractivity contribution in [1.29, 1.82) is 0 Å². The van der Waals surface area contributed by atoms with E-state index in [4.69, 9.17) is 26.2 Å². The summed E-state index contributed by atoms with van der Waals surface area (Å²) in [7, 11) is 0. The molecule has 0 bridgehead atoms. The van der Waals surface area contributed by atoms with Crippen molar-refractivity contribution in [3.8, 4) is 11.5 Å². The van der Waals surface area contributed by atoms with E-state index in [1.54, 1.807) is 12.1 Å². The van der Waals surface area contributed by atoms with Crippen molar-refractivity contribution in [3.63, 3.8) is 0 Å². The molecule has 1 aromatic rings. The van der Waals surface area contributed by atoms with Gasteiger partial charge in [-0.1, -0.05) is 18.5 Å². The van der Waals surface area contributed by atoms with E-state index in [9.17, 15) is 0 Å². The number of rotatable bonds is 2. The minimum absolute atomic E-state index is 0.0412. The molecule has 0 aliphatic carbocycles. The summed E-state index contributed by atoms with van der Waals surface area (Å²) in [6.07, 6.45) is 0. The van der Waals surface area contributed by atoms with Gasteiger partial charge >= 0.3 is 0 Å². The van der Waals surface area contributed by atoms with E-state index in [0.717, 1.165) is 5.56 Å². The molecule has 1 aliphatic heterocycles. The van der Waals surface area contributed by atoms with Gasteiger partial charge in [0.2, 0.25) is 6.79 Å². The molecule has 3 nitrogen and oxygen atoms in total. The Morgan fingerprint density at radius 2 is 2.29 bits per heavy atom. The summed E-state index contributed by atoms with van der Waals surface area (Å²) >= 11 is 6.03. The lowest BCUT2D eigenvalue weighted by Crippen LogP contribution is -2.02. The van der Waals surface area contributed by atoms with Gasteiger partial charge in [-0.05, 0) is 12.1 Å². The van der Waals surface area contributed by atoms with Gasteiger partial charge in [0.1, 0.15) is 0 Å². The van der Waals surface area contributed by atoms with E-state index in [1.165, 1.54) is 0 Å². The van der Waals surface area contributed by atoms with Gasteiger partial charge in [0, 0.05) is 23.1 Å². The maximum atomic E-state index is 9.09. The van der Waals surface area contributed by atoms with E-state index in [1.807, 2.05) is 6.92 Å². The second kappa shape index (κ2) is 3.67. The highest BCUT2D eigenvalue weighted by atomic mass is 35.5. The molecule has 14 heavy (non-hydrogen) atoms. The summed E-state index contributed by atoms with van der Waals surface area (Å²) in [6, 6.07) is 3.54. The number of aliphatic hydroxyl groups is 1. The van der Waals surface area contributed by atoms with Crippen molar-refractivity contribution in [2.45, 2.75) is 12.8 Å². The molecule has 1 aliphatic rings. The van der Waals surface area contributed by atoms with E-state index in [0.29, 0.717) is 16.5 Å². The van der Waals surface area contributed by atoms with Crippen molar-refractivity contribution in [2.75, 3.05) is 13.4 Å². The Morgan fingerprint density at radius 1 is 1.50 bits per heavy atom. The van der Waals surface area contributed by atoms with Crippen molar-refractivity contribution in [3.05, 3.63) is 22.7 Å². The zero-order valence-electron chi connectivity index (χ0n) is 7.79. The van der Waals surface area contributed by atoms with Gasteiger partial charge < -0.3 is 14.6 Å². The SMILES string of the molecule is CC(CO)c1c(Cl)ccc2c1OCO2. The molecule has 0 fully saturated rings. The topological polar surface area (TPSA) is 38.7 Å². The molecule has 1 unspecified atom stereocenters. The van der Waals surface area contributed by atoms with Crippen molar-refractivity contribution in [1.82, 2.24) is 0 Å². The third kappa shape index (κ3) is 1.42. The number of ether oxygens (including phenoxy) is 2. The Labute approximate surface area is 87.2 Å². The van der Waals surface area contributed by atoms with Crippen LogP contribution < -0.4 is 9.47 Å². The third-order valence-corrected chi connectivity index (χ3v) is 2.62. The van der Waals surface area contributed by atoms with Crippen molar-refractivity contribution >= 4 is 11.6 Å². The highest BCUT2D eigenvalue weighted by molar-refractivity contribution is 6.31. The Hall–Kier alpha value is -0.930. The number of fused-ring (bicyclic) bond motifs is 1. The molecule has 0 aromatic heterocycles. The average molecular weight is 215 g/mol. The highest BCUT2D eigenvalue weighted by Crippen LogP contribution is 2.42. The largest absolute Gasteiger partial charge is 0.454 e. The van der Waals surface area contributed by atoms with Gasteiger partial charge in [0.15, 0.2) is 11.5 Å². The summed E-state index contributed by atoms with van der Waals surface area (Å²) in [5.41, 5.74) is 0.823. The van der Waals surface area contributed by atoms with Crippen LogP contribution in [0.5, 0.6) is 11.5 Å². The van der Waals surface area contributed by atoms with Crippen molar-refractivity contribution < 1.29 is 14.6 Å². The fourth-order valence-electron chi connectivity index (χ4n) is 1.52. The lowest BCUT2D eigenvalue weighted by Gasteiger charge is -2.13. The predicted octanol–water partition coefficient (Wildman–Crippen LogP) is 2.16. The fraction of sp³-hybridized carbons (Fsp3) is 0.400. The lowest BCUT2D eigenvalue weighted by molar-refractivity contribution is 0.172. The van der Waals surface area contributed by atoms with Crippen LogP contribution in [0, 0.1) is 0 Å². The second-order valence-electron chi connectivity index (χ2n) is 3.28. The van der Waals surface area contributed by atoms with Crippen LogP contribution in [-0.4, -0.2) is 18.5 Å². The van der Waals surface area contributed by atoms with Gasteiger partial charge in [0.05, 0.1) is 0 Å². The van der Waals surface area contributed by atoms with Crippen LogP contribution in [0.3, 0.4) is 0 Å². The van der Waals surface area contributed by atoms with Crippen LogP contribution in [0.15, 0.2) is 12.1 Å². The van der Waals surface area contributed by atoms with Gasteiger partial charge in [0.25, 0.3) is 0 Å². The van der Waals surface area contributed by atoms with Crippen LogP contribution in [0.1, 0.15) is 18.4 Å². The predicted molar refractivity (Wildman–Crippen MR) is 53.1 cm³/mol. The van der Waals surface area contributed by atoms with Gasteiger partial charge in [-0.15, -0.1) is 0 Å². The Morgan fingerprint density at radius 3 is 3.00 bits per heavy atom. The first kappa shape index (κ1) is 9.62. The smallest absolute Gasteiger partial charge is 0.231 e. The molecule has 0 amide bonds. The number of aliphatic hydroxyl groups excluding tert-OH is 1. The molecule has 0 saturated heterocycles. The Balaban J connectivity index is 2.51.